The van der Waals surface area contributed by atoms with E-state index in [9.17, 15) is 0 Å². The summed E-state index contributed by atoms with van der Waals surface area (Å²) in [5.41, 5.74) is 2.24. The first-order valence-electron chi connectivity index (χ1n) is 6.82. The number of benzene rings is 1. The van der Waals surface area contributed by atoms with Crippen molar-refractivity contribution in [2.24, 2.45) is 0 Å². The third kappa shape index (κ3) is 3.50. The maximum atomic E-state index is 6.14. The molecular formula is C16H17ClN2O. The van der Waals surface area contributed by atoms with E-state index in [-0.39, 0.29) is 0 Å². The fourth-order valence-electron chi connectivity index (χ4n) is 1.98. The maximum Gasteiger partial charge on any atom is 0.146 e. The van der Waals surface area contributed by atoms with Gasteiger partial charge in [-0.25, -0.2) is 0 Å². The molecule has 1 saturated carbocycles. The van der Waals surface area contributed by atoms with Gasteiger partial charge < -0.3 is 10.1 Å². The molecule has 4 heteroatoms. The Balaban J connectivity index is 1.72. The number of ether oxygens (including phenoxy) is 1. The van der Waals surface area contributed by atoms with Crippen molar-refractivity contribution in [1.82, 2.24) is 10.3 Å². The first kappa shape index (κ1) is 13.4. The molecule has 1 aliphatic carbocycles. The highest BCUT2D eigenvalue weighted by atomic mass is 35.5. The van der Waals surface area contributed by atoms with Crippen LogP contribution in [0.1, 0.15) is 24.0 Å². The number of hydrogen-bond acceptors (Lipinski definition) is 3. The minimum absolute atomic E-state index is 0.608. The van der Waals surface area contributed by atoms with Gasteiger partial charge in [0.2, 0.25) is 0 Å². The van der Waals surface area contributed by atoms with E-state index < -0.39 is 0 Å². The third-order valence-corrected chi connectivity index (χ3v) is 3.57. The predicted octanol–water partition coefficient (Wildman–Crippen LogP) is 4.09. The smallest absolute Gasteiger partial charge is 0.146 e. The fourth-order valence-corrected chi connectivity index (χ4v) is 2.14. The number of aryl methyl sites for hydroxylation is 1. The molecule has 0 amide bonds. The van der Waals surface area contributed by atoms with Crippen LogP contribution in [-0.4, -0.2) is 11.0 Å². The molecule has 1 heterocycles. The van der Waals surface area contributed by atoms with Crippen LogP contribution in [0.25, 0.3) is 0 Å². The molecule has 0 aliphatic heterocycles. The first-order valence-corrected chi connectivity index (χ1v) is 7.20. The van der Waals surface area contributed by atoms with Gasteiger partial charge in [0.15, 0.2) is 0 Å². The SMILES string of the molecule is Cc1ccc(Cl)c(Oc2cncc(CNC3CC3)c2)c1. The highest BCUT2D eigenvalue weighted by molar-refractivity contribution is 6.32. The normalized spacial score (nSPS) is 14.3. The maximum absolute atomic E-state index is 6.14. The molecule has 3 rings (SSSR count). The molecule has 104 valence electrons. The molecule has 0 atom stereocenters. The van der Waals surface area contributed by atoms with Crippen LogP contribution >= 0.6 is 11.6 Å². The Labute approximate surface area is 123 Å². The lowest BCUT2D eigenvalue weighted by Gasteiger charge is -2.09. The van der Waals surface area contributed by atoms with E-state index in [4.69, 9.17) is 16.3 Å². The highest BCUT2D eigenvalue weighted by Crippen LogP contribution is 2.30. The van der Waals surface area contributed by atoms with Gasteiger partial charge in [0.25, 0.3) is 0 Å². The summed E-state index contributed by atoms with van der Waals surface area (Å²) in [7, 11) is 0. The molecule has 0 saturated heterocycles. The minimum atomic E-state index is 0.608. The molecule has 1 aromatic heterocycles. The van der Waals surface area contributed by atoms with Crippen molar-refractivity contribution >= 4 is 11.6 Å². The number of rotatable bonds is 5. The summed E-state index contributed by atoms with van der Waals surface area (Å²) in [6, 6.07) is 8.42. The van der Waals surface area contributed by atoms with Gasteiger partial charge in [-0.1, -0.05) is 17.7 Å². The van der Waals surface area contributed by atoms with Gasteiger partial charge in [0, 0.05) is 18.8 Å². The zero-order chi connectivity index (χ0) is 13.9. The Bertz CT molecular complexity index is 611. The first-order chi connectivity index (χ1) is 9.70. The zero-order valence-corrected chi connectivity index (χ0v) is 12.2. The molecule has 1 aromatic carbocycles. The number of nitrogens with one attached hydrogen (secondary N) is 1. The van der Waals surface area contributed by atoms with Crippen LogP contribution in [0.3, 0.4) is 0 Å². The van der Waals surface area contributed by atoms with Gasteiger partial charge in [-0.15, -0.1) is 0 Å². The van der Waals surface area contributed by atoms with E-state index in [2.05, 4.69) is 10.3 Å². The second-order valence-electron chi connectivity index (χ2n) is 5.22. The van der Waals surface area contributed by atoms with E-state index in [1.807, 2.05) is 37.4 Å². The van der Waals surface area contributed by atoms with E-state index in [1.54, 1.807) is 6.20 Å². The van der Waals surface area contributed by atoms with Crippen LogP contribution in [0.2, 0.25) is 5.02 Å². The molecule has 2 aromatic rings. The van der Waals surface area contributed by atoms with Crippen molar-refractivity contribution in [2.75, 3.05) is 0 Å². The van der Waals surface area contributed by atoms with Crippen molar-refractivity contribution in [3.8, 4) is 11.5 Å². The largest absolute Gasteiger partial charge is 0.454 e. The zero-order valence-electron chi connectivity index (χ0n) is 11.4. The molecule has 0 spiro atoms. The van der Waals surface area contributed by atoms with Gasteiger partial charge >= 0.3 is 0 Å². The van der Waals surface area contributed by atoms with Crippen LogP contribution in [0.4, 0.5) is 0 Å². The predicted molar refractivity (Wildman–Crippen MR) is 80.4 cm³/mol. The topological polar surface area (TPSA) is 34.1 Å². The molecule has 0 unspecified atom stereocenters. The number of hydrogen-bond donors (Lipinski definition) is 1. The summed E-state index contributed by atoms with van der Waals surface area (Å²) >= 11 is 6.14. The number of aromatic nitrogens is 1. The standard InChI is InChI=1S/C16H17ClN2O/c1-11-2-5-15(17)16(6-11)20-14-7-12(8-18-10-14)9-19-13-3-4-13/h2,5-8,10,13,19H,3-4,9H2,1H3. The van der Waals surface area contributed by atoms with Gasteiger partial charge in [-0.05, 0) is 49.1 Å². The Morgan fingerprint density at radius 2 is 2.15 bits per heavy atom. The van der Waals surface area contributed by atoms with Gasteiger partial charge in [0.05, 0.1) is 11.2 Å². The Morgan fingerprint density at radius 1 is 1.30 bits per heavy atom. The van der Waals surface area contributed by atoms with Crippen LogP contribution in [-0.2, 0) is 6.54 Å². The fraction of sp³-hybridized carbons (Fsp3) is 0.312. The van der Waals surface area contributed by atoms with Crippen molar-refractivity contribution in [3.05, 3.63) is 52.8 Å². The Kier molecular flexibility index (Phi) is 3.90. The number of halogens is 1. The van der Waals surface area contributed by atoms with Crippen LogP contribution < -0.4 is 10.1 Å². The van der Waals surface area contributed by atoms with Crippen LogP contribution in [0.5, 0.6) is 11.5 Å². The number of pyridine rings is 1. The van der Waals surface area contributed by atoms with E-state index in [1.165, 1.54) is 12.8 Å². The molecule has 0 radical (unpaired) electrons. The summed E-state index contributed by atoms with van der Waals surface area (Å²) in [5.74, 6) is 1.38. The summed E-state index contributed by atoms with van der Waals surface area (Å²) < 4.78 is 5.83. The molecule has 1 aliphatic rings. The van der Waals surface area contributed by atoms with Gasteiger partial charge in [-0.3, -0.25) is 4.98 Å². The summed E-state index contributed by atoms with van der Waals surface area (Å²) in [6.45, 7) is 2.84. The monoisotopic (exact) mass is 288 g/mol. The van der Waals surface area contributed by atoms with Crippen molar-refractivity contribution in [2.45, 2.75) is 32.4 Å². The van der Waals surface area contributed by atoms with Gasteiger partial charge in [-0.2, -0.15) is 0 Å². The van der Waals surface area contributed by atoms with E-state index in [0.717, 1.165) is 17.7 Å². The third-order valence-electron chi connectivity index (χ3n) is 3.26. The van der Waals surface area contributed by atoms with Crippen molar-refractivity contribution < 1.29 is 4.74 Å². The summed E-state index contributed by atoms with van der Waals surface area (Å²) in [5, 5.41) is 4.07. The molecular weight excluding hydrogens is 272 g/mol. The van der Waals surface area contributed by atoms with Crippen LogP contribution in [0.15, 0.2) is 36.7 Å². The second kappa shape index (κ2) is 5.81. The minimum Gasteiger partial charge on any atom is -0.454 e. The quantitative estimate of drug-likeness (QED) is 0.900. The number of nitrogens with zero attached hydrogens (tertiary/aromatic N) is 1. The van der Waals surface area contributed by atoms with Crippen LogP contribution in [0, 0.1) is 6.92 Å². The van der Waals surface area contributed by atoms with Gasteiger partial charge in [0.1, 0.15) is 11.5 Å². The highest BCUT2D eigenvalue weighted by Gasteiger charge is 2.20. The van der Waals surface area contributed by atoms with E-state index >= 15 is 0 Å². The second-order valence-corrected chi connectivity index (χ2v) is 5.63. The van der Waals surface area contributed by atoms with Crippen molar-refractivity contribution in [3.63, 3.8) is 0 Å². The lowest BCUT2D eigenvalue weighted by Crippen LogP contribution is -2.15. The molecule has 20 heavy (non-hydrogen) atoms. The Morgan fingerprint density at radius 3 is 2.95 bits per heavy atom. The summed E-state index contributed by atoms with van der Waals surface area (Å²) in [6.07, 6.45) is 6.13. The van der Waals surface area contributed by atoms with Crippen molar-refractivity contribution in [1.29, 1.82) is 0 Å². The van der Waals surface area contributed by atoms with E-state index in [0.29, 0.717) is 22.6 Å². The summed E-state index contributed by atoms with van der Waals surface area (Å²) in [4.78, 5) is 4.22. The average molecular weight is 289 g/mol. The Hall–Kier alpha value is -1.58. The lowest BCUT2D eigenvalue weighted by molar-refractivity contribution is 0.478. The molecule has 0 bridgehead atoms. The molecule has 3 nitrogen and oxygen atoms in total. The lowest BCUT2D eigenvalue weighted by atomic mass is 10.2. The average Bonchev–Trinajstić information content (AvgIpc) is 3.25. The molecule has 1 N–H and O–H groups in total. The molecule has 1 fully saturated rings.